The minimum atomic E-state index is -0.986. The zero-order valence-corrected chi connectivity index (χ0v) is 6.32. The molecule has 0 spiro atoms. The Morgan fingerprint density at radius 3 is 2.55 bits per heavy atom. The fraction of sp³-hybridized carbons (Fsp3) is 0.833. The van der Waals surface area contributed by atoms with Gasteiger partial charge in [0.1, 0.15) is 6.61 Å². The molecular formula is C6H14N2O3. The third-order valence-corrected chi connectivity index (χ3v) is 1.19. The van der Waals surface area contributed by atoms with Crippen LogP contribution < -0.4 is 11.5 Å². The van der Waals surface area contributed by atoms with E-state index in [1.165, 1.54) is 0 Å². The molecular weight excluding hydrogens is 148 g/mol. The van der Waals surface area contributed by atoms with Crippen LogP contribution in [0.4, 0.5) is 0 Å². The summed E-state index contributed by atoms with van der Waals surface area (Å²) in [6.45, 7) is 0.466. The van der Waals surface area contributed by atoms with Crippen molar-refractivity contribution in [1.82, 2.24) is 0 Å². The molecule has 5 heteroatoms. The predicted molar refractivity (Wildman–Crippen MR) is 40.1 cm³/mol. The van der Waals surface area contributed by atoms with Gasteiger partial charge < -0.3 is 21.3 Å². The number of carbonyl (C=O) groups is 1. The first-order valence-corrected chi connectivity index (χ1v) is 3.44. The maximum Gasteiger partial charge on any atom is 0.329 e. The SMILES string of the molecule is NCCC(CN)OCC(=O)O. The summed E-state index contributed by atoms with van der Waals surface area (Å²) < 4.78 is 4.89. The average molecular weight is 162 g/mol. The Labute approximate surface area is 65.3 Å². The van der Waals surface area contributed by atoms with Crippen molar-refractivity contribution >= 4 is 5.97 Å². The number of aliphatic carboxylic acids is 1. The number of hydrogen-bond acceptors (Lipinski definition) is 4. The highest BCUT2D eigenvalue weighted by Crippen LogP contribution is 1.93. The lowest BCUT2D eigenvalue weighted by molar-refractivity contribution is -0.144. The normalized spacial score (nSPS) is 12.9. The highest BCUT2D eigenvalue weighted by atomic mass is 16.5. The molecule has 0 saturated carbocycles. The molecule has 0 aromatic heterocycles. The number of carboxylic acids is 1. The molecule has 0 amide bonds. The number of nitrogens with two attached hydrogens (primary N) is 2. The van der Waals surface area contributed by atoms with Crippen molar-refractivity contribution in [2.75, 3.05) is 19.7 Å². The van der Waals surface area contributed by atoms with E-state index < -0.39 is 5.97 Å². The van der Waals surface area contributed by atoms with Crippen LogP contribution in [-0.2, 0) is 9.53 Å². The van der Waals surface area contributed by atoms with Crippen molar-refractivity contribution in [2.45, 2.75) is 12.5 Å². The van der Waals surface area contributed by atoms with E-state index in [0.29, 0.717) is 19.5 Å². The van der Waals surface area contributed by atoms with Crippen molar-refractivity contribution in [3.8, 4) is 0 Å². The van der Waals surface area contributed by atoms with Gasteiger partial charge in [0.15, 0.2) is 0 Å². The average Bonchev–Trinajstić information content (AvgIpc) is 1.97. The van der Waals surface area contributed by atoms with Gasteiger partial charge in [0.25, 0.3) is 0 Å². The van der Waals surface area contributed by atoms with Gasteiger partial charge in [-0.2, -0.15) is 0 Å². The van der Waals surface area contributed by atoms with Crippen LogP contribution in [0.5, 0.6) is 0 Å². The minimum absolute atomic E-state index is 0.226. The van der Waals surface area contributed by atoms with Gasteiger partial charge in [0.2, 0.25) is 0 Å². The van der Waals surface area contributed by atoms with Crippen LogP contribution in [0, 0.1) is 0 Å². The molecule has 1 atom stereocenters. The Balaban J connectivity index is 3.43. The maximum atomic E-state index is 10.0. The van der Waals surface area contributed by atoms with E-state index in [1.54, 1.807) is 0 Å². The molecule has 0 saturated heterocycles. The standard InChI is InChI=1S/C6H14N2O3/c7-2-1-5(3-8)11-4-6(9)10/h5H,1-4,7-8H2,(H,9,10). The molecule has 0 radical (unpaired) electrons. The molecule has 0 aliphatic carbocycles. The maximum absolute atomic E-state index is 10.0. The molecule has 0 aromatic rings. The third kappa shape index (κ3) is 5.78. The molecule has 0 rings (SSSR count). The van der Waals surface area contributed by atoms with Gasteiger partial charge in [-0.3, -0.25) is 0 Å². The van der Waals surface area contributed by atoms with Crippen LogP contribution in [0.3, 0.4) is 0 Å². The molecule has 1 unspecified atom stereocenters. The molecule has 11 heavy (non-hydrogen) atoms. The zero-order chi connectivity index (χ0) is 8.69. The summed E-state index contributed by atoms with van der Waals surface area (Å²) >= 11 is 0. The van der Waals surface area contributed by atoms with Crippen molar-refractivity contribution < 1.29 is 14.6 Å². The fourth-order valence-electron chi connectivity index (χ4n) is 0.644. The Morgan fingerprint density at radius 2 is 2.18 bits per heavy atom. The number of rotatable bonds is 6. The van der Waals surface area contributed by atoms with Gasteiger partial charge in [-0.15, -0.1) is 0 Å². The second-order valence-corrected chi connectivity index (χ2v) is 2.14. The Morgan fingerprint density at radius 1 is 1.55 bits per heavy atom. The van der Waals surface area contributed by atoms with E-state index in [2.05, 4.69) is 0 Å². The van der Waals surface area contributed by atoms with Crippen LogP contribution in [0.2, 0.25) is 0 Å². The van der Waals surface area contributed by atoms with E-state index in [0.717, 1.165) is 0 Å². The van der Waals surface area contributed by atoms with Crippen LogP contribution in [-0.4, -0.2) is 36.9 Å². The lowest BCUT2D eigenvalue weighted by atomic mass is 10.2. The monoisotopic (exact) mass is 162 g/mol. The quantitative estimate of drug-likeness (QED) is 0.454. The zero-order valence-electron chi connectivity index (χ0n) is 6.32. The summed E-state index contributed by atoms with van der Waals surface area (Å²) in [4.78, 5) is 10.0. The summed E-state index contributed by atoms with van der Waals surface area (Å²) in [5, 5.41) is 8.23. The summed E-state index contributed by atoms with van der Waals surface area (Å²) in [5.41, 5.74) is 10.5. The van der Waals surface area contributed by atoms with Gasteiger partial charge in [-0.05, 0) is 13.0 Å². The van der Waals surface area contributed by atoms with Crippen molar-refractivity contribution in [3.63, 3.8) is 0 Å². The molecule has 0 aromatic carbocycles. The number of ether oxygens (including phenoxy) is 1. The molecule has 0 heterocycles. The van der Waals surface area contributed by atoms with Crippen LogP contribution in [0.15, 0.2) is 0 Å². The Kier molecular flexibility index (Phi) is 5.73. The first kappa shape index (κ1) is 10.3. The Bertz CT molecular complexity index is 118. The van der Waals surface area contributed by atoms with Crippen molar-refractivity contribution in [1.29, 1.82) is 0 Å². The molecule has 0 aliphatic rings. The van der Waals surface area contributed by atoms with Crippen molar-refractivity contribution in [2.24, 2.45) is 11.5 Å². The first-order chi connectivity index (χ1) is 5.20. The van der Waals surface area contributed by atoms with Gasteiger partial charge in [-0.1, -0.05) is 0 Å². The van der Waals surface area contributed by atoms with Crippen molar-refractivity contribution in [3.05, 3.63) is 0 Å². The largest absolute Gasteiger partial charge is 0.480 e. The summed E-state index contributed by atoms with van der Waals surface area (Å²) in [7, 11) is 0. The number of hydrogen-bond donors (Lipinski definition) is 3. The van der Waals surface area contributed by atoms with Gasteiger partial charge in [0, 0.05) is 6.54 Å². The minimum Gasteiger partial charge on any atom is -0.480 e. The molecule has 0 bridgehead atoms. The van der Waals surface area contributed by atoms with Gasteiger partial charge in [-0.25, -0.2) is 4.79 Å². The van der Waals surface area contributed by atoms with E-state index >= 15 is 0 Å². The summed E-state index contributed by atoms with van der Waals surface area (Å²) in [6.07, 6.45) is 0.375. The lowest BCUT2D eigenvalue weighted by Gasteiger charge is -2.12. The van der Waals surface area contributed by atoms with E-state index in [4.69, 9.17) is 21.3 Å². The van der Waals surface area contributed by atoms with E-state index in [1.807, 2.05) is 0 Å². The lowest BCUT2D eigenvalue weighted by Crippen LogP contribution is -2.28. The van der Waals surface area contributed by atoms with Gasteiger partial charge >= 0.3 is 5.97 Å². The topological polar surface area (TPSA) is 98.6 Å². The van der Waals surface area contributed by atoms with Crippen LogP contribution in [0.1, 0.15) is 6.42 Å². The molecule has 0 aliphatic heterocycles. The molecule has 66 valence electrons. The highest BCUT2D eigenvalue weighted by molar-refractivity contribution is 5.68. The first-order valence-electron chi connectivity index (χ1n) is 3.44. The Hall–Kier alpha value is -0.650. The summed E-state index contributed by atoms with van der Waals surface area (Å²) in [5.74, 6) is -0.986. The van der Waals surface area contributed by atoms with Crippen LogP contribution in [0.25, 0.3) is 0 Å². The second-order valence-electron chi connectivity index (χ2n) is 2.14. The summed E-state index contributed by atoms with van der Waals surface area (Å²) in [6, 6.07) is 0. The fourth-order valence-corrected chi connectivity index (χ4v) is 0.644. The van der Waals surface area contributed by atoms with Crippen LogP contribution >= 0.6 is 0 Å². The van der Waals surface area contributed by atoms with E-state index in [9.17, 15) is 4.79 Å². The molecule has 5 nitrogen and oxygen atoms in total. The second kappa shape index (κ2) is 6.09. The number of carboxylic acid groups (broad SMARTS) is 1. The predicted octanol–water partition coefficient (Wildman–Crippen LogP) is -1.24. The highest BCUT2D eigenvalue weighted by Gasteiger charge is 2.07. The molecule has 5 N–H and O–H groups in total. The van der Waals surface area contributed by atoms with Gasteiger partial charge in [0.05, 0.1) is 6.10 Å². The third-order valence-electron chi connectivity index (χ3n) is 1.19. The van der Waals surface area contributed by atoms with E-state index in [-0.39, 0.29) is 12.7 Å². The molecule has 0 fully saturated rings. The smallest absolute Gasteiger partial charge is 0.329 e.